The zero-order valence-electron chi connectivity index (χ0n) is 12.7. The molecule has 18 heavy (non-hydrogen) atoms. The number of rotatable bonds is 6. The number of hydrogen-bond acceptors (Lipinski definition) is 2. The van der Waals surface area contributed by atoms with Crippen molar-refractivity contribution in [3.63, 3.8) is 0 Å². The van der Waals surface area contributed by atoms with Crippen LogP contribution in [0.4, 0.5) is 0 Å². The molecule has 1 saturated carbocycles. The Hall–Kier alpha value is -0.0800. The summed E-state index contributed by atoms with van der Waals surface area (Å²) in [5.74, 6) is 1.02. The molecule has 1 aliphatic carbocycles. The lowest BCUT2D eigenvalue weighted by atomic mass is 9.57. The number of nitrogens with one attached hydrogen (secondary N) is 1. The zero-order valence-corrected chi connectivity index (χ0v) is 12.7. The van der Waals surface area contributed by atoms with E-state index in [4.69, 9.17) is 0 Å². The second kappa shape index (κ2) is 6.38. The van der Waals surface area contributed by atoms with Gasteiger partial charge in [-0.1, -0.05) is 20.8 Å². The minimum Gasteiger partial charge on any atom is -0.315 e. The summed E-state index contributed by atoms with van der Waals surface area (Å²) in [6.45, 7) is 12.1. The Morgan fingerprint density at radius 3 is 2.44 bits per heavy atom. The molecule has 0 unspecified atom stereocenters. The Balaban J connectivity index is 1.60. The van der Waals surface area contributed by atoms with Crippen LogP contribution in [-0.2, 0) is 0 Å². The second-order valence-corrected chi connectivity index (χ2v) is 7.01. The van der Waals surface area contributed by atoms with Crippen LogP contribution in [0, 0.1) is 11.3 Å². The summed E-state index contributed by atoms with van der Waals surface area (Å²) >= 11 is 0. The average molecular weight is 252 g/mol. The van der Waals surface area contributed by atoms with Gasteiger partial charge < -0.3 is 10.2 Å². The molecular formula is C16H32N2. The maximum absolute atomic E-state index is 3.55. The number of piperidine rings is 1. The van der Waals surface area contributed by atoms with Crippen LogP contribution in [0.1, 0.15) is 59.3 Å². The summed E-state index contributed by atoms with van der Waals surface area (Å²) in [6.07, 6.45) is 8.71. The minimum absolute atomic E-state index is 0.649. The maximum Gasteiger partial charge on any atom is 0.00103 e. The van der Waals surface area contributed by atoms with Gasteiger partial charge in [0.1, 0.15) is 0 Å². The molecule has 2 nitrogen and oxygen atoms in total. The third-order valence-corrected chi connectivity index (χ3v) is 5.01. The summed E-state index contributed by atoms with van der Waals surface area (Å²) in [7, 11) is 0. The molecule has 106 valence electrons. The van der Waals surface area contributed by atoms with Crippen LogP contribution in [0.3, 0.4) is 0 Å². The molecule has 1 heterocycles. The van der Waals surface area contributed by atoms with Crippen molar-refractivity contribution >= 4 is 0 Å². The standard InChI is InChI=1S/C16H32N2/c1-4-9-18-10-6-16(7-11-18)12-15(13-16)5-8-17-14(2)3/h14-15,17H,4-13H2,1-3H3. The molecule has 0 aromatic rings. The van der Waals surface area contributed by atoms with Crippen LogP contribution in [-0.4, -0.2) is 37.1 Å². The molecule has 2 aliphatic rings. The normalized spacial score (nSPS) is 24.7. The molecule has 1 saturated heterocycles. The van der Waals surface area contributed by atoms with E-state index >= 15 is 0 Å². The van der Waals surface area contributed by atoms with Gasteiger partial charge in [0.25, 0.3) is 0 Å². The van der Waals surface area contributed by atoms with Gasteiger partial charge in [-0.2, -0.15) is 0 Å². The Morgan fingerprint density at radius 1 is 1.22 bits per heavy atom. The van der Waals surface area contributed by atoms with Crippen molar-refractivity contribution in [3.05, 3.63) is 0 Å². The van der Waals surface area contributed by atoms with Crippen molar-refractivity contribution in [1.82, 2.24) is 10.2 Å². The lowest BCUT2D eigenvalue weighted by Gasteiger charge is -2.52. The average Bonchev–Trinajstić information content (AvgIpc) is 2.29. The molecule has 2 fully saturated rings. The third-order valence-electron chi connectivity index (χ3n) is 5.01. The Morgan fingerprint density at radius 2 is 1.89 bits per heavy atom. The smallest absolute Gasteiger partial charge is 0.00103 e. The lowest BCUT2D eigenvalue weighted by molar-refractivity contribution is -0.0158. The predicted octanol–water partition coefficient (Wildman–Crippen LogP) is 3.28. The highest BCUT2D eigenvalue weighted by atomic mass is 15.1. The first-order valence-electron chi connectivity index (χ1n) is 8.09. The summed E-state index contributed by atoms with van der Waals surface area (Å²) in [6, 6.07) is 0.649. The molecule has 1 spiro atoms. The van der Waals surface area contributed by atoms with Crippen molar-refractivity contribution in [2.45, 2.75) is 65.3 Å². The van der Waals surface area contributed by atoms with Crippen LogP contribution in [0.5, 0.6) is 0 Å². The topological polar surface area (TPSA) is 15.3 Å². The first-order chi connectivity index (χ1) is 8.63. The van der Waals surface area contributed by atoms with Gasteiger partial charge in [0.05, 0.1) is 0 Å². The van der Waals surface area contributed by atoms with E-state index in [0.29, 0.717) is 6.04 Å². The van der Waals surface area contributed by atoms with Gasteiger partial charge in [-0.25, -0.2) is 0 Å². The monoisotopic (exact) mass is 252 g/mol. The molecule has 1 aliphatic heterocycles. The second-order valence-electron chi connectivity index (χ2n) is 7.01. The van der Waals surface area contributed by atoms with E-state index in [-0.39, 0.29) is 0 Å². The van der Waals surface area contributed by atoms with Crippen LogP contribution < -0.4 is 5.32 Å². The van der Waals surface area contributed by atoms with Crippen LogP contribution in [0.25, 0.3) is 0 Å². The molecule has 1 N–H and O–H groups in total. The number of nitrogens with zero attached hydrogens (tertiary/aromatic N) is 1. The highest BCUT2D eigenvalue weighted by Crippen LogP contribution is 2.53. The van der Waals surface area contributed by atoms with E-state index in [2.05, 4.69) is 31.0 Å². The largest absolute Gasteiger partial charge is 0.315 e. The molecule has 0 amide bonds. The van der Waals surface area contributed by atoms with Crippen LogP contribution in [0.2, 0.25) is 0 Å². The maximum atomic E-state index is 3.55. The van der Waals surface area contributed by atoms with Crippen molar-refractivity contribution in [2.24, 2.45) is 11.3 Å². The Kier molecular flexibility index (Phi) is 5.08. The quantitative estimate of drug-likeness (QED) is 0.780. The molecule has 0 atom stereocenters. The Bertz CT molecular complexity index is 233. The van der Waals surface area contributed by atoms with E-state index in [9.17, 15) is 0 Å². The van der Waals surface area contributed by atoms with E-state index in [1.165, 1.54) is 64.7 Å². The fourth-order valence-corrected chi connectivity index (χ4v) is 3.92. The number of hydrogen-bond donors (Lipinski definition) is 1. The highest BCUT2D eigenvalue weighted by molar-refractivity contribution is 4.97. The van der Waals surface area contributed by atoms with Gasteiger partial charge >= 0.3 is 0 Å². The highest BCUT2D eigenvalue weighted by Gasteiger charge is 2.44. The van der Waals surface area contributed by atoms with E-state index in [1.54, 1.807) is 0 Å². The molecule has 0 radical (unpaired) electrons. The summed E-state index contributed by atoms with van der Waals surface area (Å²) in [5.41, 5.74) is 0.771. The van der Waals surface area contributed by atoms with Gasteiger partial charge in [0.15, 0.2) is 0 Å². The fraction of sp³-hybridized carbons (Fsp3) is 1.00. The van der Waals surface area contributed by atoms with Gasteiger partial charge in [-0.3, -0.25) is 0 Å². The predicted molar refractivity (Wildman–Crippen MR) is 78.9 cm³/mol. The van der Waals surface area contributed by atoms with Crippen LogP contribution >= 0.6 is 0 Å². The molecule has 0 bridgehead atoms. The first kappa shape index (κ1) is 14.3. The fourth-order valence-electron chi connectivity index (χ4n) is 3.92. The summed E-state index contributed by atoms with van der Waals surface area (Å²) in [4.78, 5) is 2.67. The summed E-state index contributed by atoms with van der Waals surface area (Å²) in [5, 5.41) is 3.55. The van der Waals surface area contributed by atoms with E-state index in [0.717, 1.165) is 11.3 Å². The van der Waals surface area contributed by atoms with Crippen molar-refractivity contribution in [2.75, 3.05) is 26.2 Å². The molecule has 2 heteroatoms. The molecule has 0 aromatic carbocycles. The van der Waals surface area contributed by atoms with Crippen molar-refractivity contribution < 1.29 is 0 Å². The van der Waals surface area contributed by atoms with Gasteiger partial charge in [0, 0.05) is 6.04 Å². The molecule has 2 rings (SSSR count). The van der Waals surface area contributed by atoms with Gasteiger partial charge in [-0.15, -0.1) is 0 Å². The first-order valence-corrected chi connectivity index (χ1v) is 8.09. The van der Waals surface area contributed by atoms with Crippen LogP contribution in [0.15, 0.2) is 0 Å². The van der Waals surface area contributed by atoms with Crippen molar-refractivity contribution in [3.8, 4) is 0 Å². The zero-order chi connectivity index (χ0) is 13.0. The minimum atomic E-state index is 0.649. The SMILES string of the molecule is CCCN1CCC2(CC1)CC(CCNC(C)C)C2. The van der Waals surface area contributed by atoms with Gasteiger partial charge in [-0.05, 0) is 76.0 Å². The molecule has 0 aromatic heterocycles. The molecular weight excluding hydrogens is 220 g/mol. The number of likely N-dealkylation sites (tertiary alicyclic amines) is 1. The van der Waals surface area contributed by atoms with Gasteiger partial charge in [0.2, 0.25) is 0 Å². The van der Waals surface area contributed by atoms with E-state index < -0.39 is 0 Å². The van der Waals surface area contributed by atoms with Crippen molar-refractivity contribution in [1.29, 1.82) is 0 Å². The van der Waals surface area contributed by atoms with E-state index in [1.807, 2.05) is 0 Å². The Labute approximate surface area is 114 Å². The third kappa shape index (κ3) is 3.71. The summed E-state index contributed by atoms with van der Waals surface area (Å²) < 4.78 is 0. The lowest BCUT2D eigenvalue weighted by Crippen LogP contribution is -2.47.